The number of piperazine rings is 1. The lowest BCUT2D eigenvalue weighted by Crippen LogP contribution is -2.51. The van der Waals surface area contributed by atoms with Gasteiger partial charge < -0.3 is 4.90 Å². The van der Waals surface area contributed by atoms with Crippen LogP contribution in [0.3, 0.4) is 0 Å². The molecule has 96 valence electrons. The van der Waals surface area contributed by atoms with Crippen LogP contribution in [0.4, 0.5) is 0 Å². The number of amides is 1. The first-order chi connectivity index (χ1) is 8.61. The number of nitriles is 1. The molecule has 0 bridgehead atoms. The lowest BCUT2D eigenvalue weighted by Gasteiger charge is -2.35. The highest BCUT2D eigenvalue weighted by atomic mass is 32.1. The van der Waals surface area contributed by atoms with Crippen LogP contribution in [0.15, 0.2) is 5.38 Å². The summed E-state index contributed by atoms with van der Waals surface area (Å²) in [6, 6.07) is 2.15. The van der Waals surface area contributed by atoms with Crippen molar-refractivity contribution in [1.82, 2.24) is 14.8 Å². The standard InChI is InChI=1S/C12H16N4OS/c1-9(7-13)15-3-5-16(6-4-15)12(17)11-8-18-10(2)14-11/h8-9H,3-6H2,1-2H3. The third-order valence-corrected chi connectivity index (χ3v) is 3.95. The van der Waals surface area contributed by atoms with Crippen LogP contribution in [0.5, 0.6) is 0 Å². The highest BCUT2D eigenvalue weighted by molar-refractivity contribution is 7.09. The third-order valence-electron chi connectivity index (χ3n) is 3.17. The number of thiazole rings is 1. The Balaban J connectivity index is 1.94. The second-order valence-corrected chi connectivity index (χ2v) is 5.45. The van der Waals surface area contributed by atoms with Gasteiger partial charge in [0.1, 0.15) is 5.69 Å². The number of hydrogen-bond acceptors (Lipinski definition) is 5. The van der Waals surface area contributed by atoms with Crippen molar-refractivity contribution in [3.8, 4) is 6.07 Å². The maximum absolute atomic E-state index is 12.1. The summed E-state index contributed by atoms with van der Waals surface area (Å²) in [6.45, 7) is 6.63. The maximum atomic E-state index is 12.1. The Hall–Kier alpha value is -1.45. The fourth-order valence-corrected chi connectivity index (χ4v) is 2.60. The molecule has 1 saturated heterocycles. The van der Waals surface area contributed by atoms with Crippen LogP contribution in [-0.4, -0.2) is 52.9 Å². The molecular weight excluding hydrogens is 248 g/mol. The number of carbonyl (C=O) groups excluding carboxylic acids is 1. The lowest BCUT2D eigenvalue weighted by molar-refractivity contribution is 0.0610. The predicted octanol–water partition coefficient (Wildman–Crippen LogP) is 1.12. The van der Waals surface area contributed by atoms with Crippen molar-refractivity contribution in [3.05, 3.63) is 16.1 Å². The van der Waals surface area contributed by atoms with Crippen LogP contribution in [0, 0.1) is 18.3 Å². The van der Waals surface area contributed by atoms with Gasteiger partial charge in [0, 0.05) is 31.6 Å². The minimum absolute atomic E-state index is 0.00334. The highest BCUT2D eigenvalue weighted by Crippen LogP contribution is 2.13. The van der Waals surface area contributed by atoms with Gasteiger partial charge >= 0.3 is 0 Å². The van der Waals surface area contributed by atoms with Gasteiger partial charge in [-0.15, -0.1) is 11.3 Å². The summed E-state index contributed by atoms with van der Waals surface area (Å²) < 4.78 is 0. The molecule has 0 aromatic carbocycles. The van der Waals surface area contributed by atoms with Crippen LogP contribution in [0.2, 0.25) is 0 Å². The summed E-state index contributed by atoms with van der Waals surface area (Å²) in [6.07, 6.45) is 0. The van der Waals surface area contributed by atoms with Crippen LogP contribution in [-0.2, 0) is 0 Å². The molecule has 2 heterocycles. The van der Waals surface area contributed by atoms with E-state index in [1.165, 1.54) is 11.3 Å². The van der Waals surface area contributed by atoms with Gasteiger partial charge in [0.15, 0.2) is 0 Å². The number of rotatable bonds is 2. The molecule has 6 heteroatoms. The average Bonchev–Trinajstić information content (AvgIpc) is 2.84. The van der Waals surface area contributed by atoms with E-state index in [4.69, 9.17) is 5.26 Å². The summed E-state index contributed by atoms with van der Waals surface area (Å²) in [7, 11) is 0. The molecule has 1 aliphatic heterocycles. The second kappa shape index (κ2) is 5.46. The molecule has 18 heavy (non-hydrogen) atoms. The average molecular weight is 264 g/mol. The zero-order valence-electron chi connectivity index (χ0n) is 10.6. The molecular formula is C12H16N4OS. The van der Waals surface area contributed by atoms with Gasteiger partial charge in [-0.1, -0.05) is 0 Å². The number of nitrogens with zero attached hydrogens (tertiary/aromatic N) is 4. The maximum Gasteiger partial charge on any atom is 0.273 e. The van der Waals surface area contributed by atoms with Gasteiger partial charge in [0.05, 0.1) is 17.1 Å². The van der Waals surface area contributed by atoms with E-state index in [0.717, 1.165) is 18.1 Å². The fourth-order valence-electron chi connectivity index (χ4n) is 2.02. The molecule has 0 aliphatic carbocycles. The molecule has 0 radical (unpaired) electrons. The molecule has 1 aliphatic rings. The summed E-state index contributed by atoms with van der Waals surface area (Å²) >= 11 is 1.49. The van der Waals surface area contributed by atoms with E-state index >= 15 is 0 Å². The molecule has 1 fully saturated rings. The molecule has 0 saturated carbocycles. The second-order valence-electron chi connectivity index (χ2n) is 4.39. The number of aromatic nitrogens is 1. The number of aryl methyl sites for hydroxylation is 1. The van der Waals surface area contributed by atoms with E-state index in [0.29, 0.717) is 18.8 Å². The number of carbonyl (C=O) groups is 1. The van der Waals surface area contributed by atoms with E-state index in [-0.39, 0.29) is 11.9 Å². The topological polar surface area (TPSA) is 60.2 Å². The Morgan fingerprint density at radius 3 is 2.67 bits per heavy atom. The first-order valence-electron chi connectivity index (χ1n) is 5.97. The Morgan fingerprint density at radius 2 is 2.17 bits per heavy atom. The quantitative estimate of drug-likeness (QED) is 0.803. The Morgan fingerprint density at radius 1 is 1.50 bits per heavy atom. The Bertz CT molecular complexity index is 471. The third kappa shape index (κ3) is 2.68. The van der Waals surface area contributed by atoms with Crippen LogP contribution in [0.25, 0.3) is 0 Å². The molecule has 1 amide bonds. The van der Waals surface area contributed by atoms with Gasteiger partial charge in [-0.05, 0) is 13.8 Å². The van der Waals surface area contributed by atoms with Crippen LogP contribution >= 0.6 is 11.3 Å². The molecule has 1 aromatic heterocycles. The van der Waals surface area contributed by atoms with Crippen molar-refractivity contribution >= 4 is 17.2 Å². The van der Waals surface area contributed by atoms with Gasteiger partial charge in [0.2, 0.25) is 0 Å². The van der Waals surface area contributed by atoms with Gasteiger partial charge in [-0.25, -0.2) is 4.98 Å². The van der Waals surface area contributed by atoms with Crippen LogP contribution in [0.1, 0.15) is 22.4 Å². The molecule has 0 N–H and O–H groups in total. The predicted molar refractivity (Wildman–Crippen MR) is 69.4 cm³/mol. The lowest BCUT2D eigenvalue weighted by atomic mass is 10.2. The molecule has 5 nitrogen and oxygen atoms in total. The first-order valence-corrected chi connectivity index (χ1v) is 6.85. The van der Waals surface area contributed by atoms with Gasteiger partial charge in [-0.2, -0.15) is 5.26 Å². The molecule has 2 rings (SSSR count). The zero-order valence-corrected chi connectivity index (χ0v) is 11.4. The Labute approximate surface area is 111 Å². The highest BCUT2D eigenvalue weighted by Gasteiger charge is 2.25. The van der Waals surface area contributed by atoms with Crippen molar-refractivity contribution in [2.45, 2.75) is 19.9 Å². The van der Waals surface area contributed by atoms with Crippen molar-refractivity contribution < 1.29 is 4.79 Å². The van der Waals surface area contributed by atoms with E-state index in [9.17, 15) is 4.79 Å². The summed E-state index contributed by atoms with van der Waals surface area (Å²) in [5, 5.41) is 11.6. The molecule has 1 atom stereocenters. The van der Waals surface area contributed by atoms with Crippen molar-refractivity contribution in [2.75, 3.05) is 26.2 Å². The fraction of sp³-hybridized carbons (Fsp3) is 0.583. The number of hydrogen-bond donors (Lipinski definition) is 0. The largest absolute Gasteiger partial charge is 0.335 e. The smallest absolute Gasteiger partial charge is 0.273 e. The van der Waals surface area contributed by atoms with Crippen molar-refractivity contribution in [2.24, 2.45) is 0 Å². The Kier molecular flexibility index (Phi) is 3.94. The monoisotopic (exact) mass is 264 g/mol. The van der Waals surface area contributed by atoms with E-state index < -0.39 is 0 Å². The van der Waals surface area contributed by atoms with E-state index in [2.05, 4.69) is 16.0 Å². The SMILES string of the molecule is Cc1nc(C(=O)N2CCN(C(C)C#N)CC2)cs1. The normalized spacial score (nSPS) is 18.4. The minimum Gasteiger partial charge on any atom is -0.335 e. The van der Waals surface area contributed by atoms with E-state index in [1.807, 2.05) is 24.1 Å². The minimum atomic E-state index is -0.0798. The first kappa shape index (κ1) is 13.0. The van der Waals surface area contributed by atoms with Gasteiger partial charge in [0.25, 0.3) is 5.91 Å². The zero-order chi connectivity index (χ0) is 13.1. The molecule has 1 unspecified atom stereocenters. The summed E-state index contributed by atoms with van der Waals surface area (Å²) in [5.74, 6) is 0.00334. The van der Waals surface area contributed by atoms with E-state index in [1.54, 1.807) is 0 Å². The van der Waals surface area contributed by atoms with Crippen molar-refractivity contribution in [1.29, 1.82) is 5.26 Å². The summed E-state index contributed by atoms with van der Waals surface area (Å²) in [4.78, 5) is 20.3. The van der Waals surface area contributed by atoms with Gasteiger partial charge in [-0.3, -0.25) is 9.69 Å². The van der Waals surface area contributed by atoms with Crippen molar-refractivity contribution in [3.63, 3.8) is 0 Å². The summed E-state index contributed by atoms with van der Waals surface area (Å²) in [5.41, 5.74) is 0.541. The van der Waals surface area contributed by atoms with Crippen LogP contribution < -0.4 is 0 Å². The molecule has 1 aromatic rings. The molecule has 0 spiro atoms.